The van der Waals surface area contributed by atoms with E-state index in [2.05, 4.69) is 85.0 Å². The van der Waals surface area contributed by atoms with Crippen molar-refractivity contribution in [3.05, 3.63) is 81.2 Å². The summed E-state index contributed by atoms with van der Waals surface area (Å²) in [5.41, 5.74) is 4.39. The summed E-state index contributed by atoms with van der Waals surface area (Å²) in [6.07, 6.45) is 0. The van der Waals surface area contributed by atoms with Crippen LogP contribution >= 0.6 is 56.0 Å². The van der Waals surface area contributed by atoms with Crippen LogP contribution in [0, 0.1) is 0 Å². The molecule has 0 aliphatic heterocycles. The number of fused-ring (bicyclic) bond motifs is 1. The van der Waals surface area contributed by atoms with Gasteiger partial charge in [-0.05, 0) is 60.2 Å². The lowest BCUT2D eigenvalue weighted by Crippen LogP contribution is -1.97. The molecule has 0 spiro atoms. The molecule has 4 aromatic rings. The van der Waals surface area contributed by atoms with Gasteiger partial charge in [0.1, 0.15) is 5.75 Å². The van der Waals surface area contributed by atoms with Crippen LogP contribution in [0.15, 0.2) is 80.8 Å². The molecular formula is C21H17Br2ClN2OS. The molecule has 0 saturated carbocycles. The number of ether oxygens (including phenoxy) is 1. The number of hydrogen-bond acceptors (Lipinski definition) is 3. The quantitative estimate of drug-likeness (QED) is 0.249. The van der Waals surface area contributed by atoms with Crippen molar-refractivity contribution >= 4 is 67.1 Å². The maximum Gasteiger partial charge on any atom is 0.174 e. The largest absolute Gasteiger partial charge is 0.497 e. The molecule has 0 amide bonds. The molecule has 1 aromatic heterocycles. The van der Waals surface area contributed by atoms with Crippen molar-refractivity contribution in [2.45, 2.75) is 10.9 Å². The van der Waals surface area contributed by atoms with Crippen LogP contribution in [0.2, 0.25) is 0 Å². The average Bonchev–Trinajstić information content (AvgIpc) is 3.05. The van der Waals surface area contributed by atoms with Gasteiger partial charge in [-0.15, -0.1) is 12.4 Å². The van der Waals surface area contributed by atoms with E-state index in [-0.39, 0.29) is 12.4 Å². The Morgan fingerprint density at radius 3 is 2.29 bits per heavy atom. The van der Waals surface area contributed by atoms with Crippen LogP contribution in [0.1, 0.15) is 5.56 Å². The number of hydrogen-bond donors (Lipinski definition) is 0. The molecule has 0 fully saturated rings. The Kier molecular flexibility index (Phi) is 7.10. The Hall–Kier alpha value is -1.47. The van der Waals surface area contributed by atoms with E-state index < -0.39 is 0 Å². The van der Waals surface area contributed by atoms with Gasteiger partial charge in [-0.25, -0.2) is 4.98 Å². The van der Waals surface area contributed by atoms with Gasteiger partial charge >= 0.3 is 0 Å². The number of halogens is 3. The summed E-state index contributed by atoms with van der Waals surface area (Å²) in [6.45, 7) is 0. The smallest absolute Gasteiger partial charge is 0.174 e. The van der Waals surface area contributed by atoms with Gasteiger partial charge < -0.3 is 4.74 Å². The van der Waals surface area contributed by atoms with Crippen molar-refractivity contribution in [1.29, 1.82) is 0 Å². The molecule has 4 rings (SSSR count). The molecule has 0 radical (unpaired) electrons. The van der Waals surface area contributed by atoms with Crippen molar-refractivity contribution in [2.24, 2.45) is 0 Å². The Balaban J connectivity index is 0.00000225. The van der Waals surface area contributed by atoms with Gasteiger partial charge in [-0.3, -0.25) is 4.57 Å². The molecular weight excluding hydrogens is 524 g/mol. The predicted octanol–water partition coefficient (Wildman–Crippen LogP) is 7.27. The van der Waals surface area contributed by atoms with Crippen molar-refractivity contribution in [3.63, 3.8) is 0 Å². The second kappa shape index (κ2) is 9.35. The monoisotopic (exact) mass is 538 g/mol. The predicted molar refractivity (Wildman–Crippen MR) is 126 cm³/mol. The number of benzene rings is 3. The molecule has 0 saturated heterocycles. The summed E-state index contributed by atoms with van der Waals surface area (Å²) in [5, 5.41) is 0.969. The molecule has 3 aromatic carbocycles. The lowest BCUT2D eigenvalue weighted by Gasteiger charge is -2.10. The van der Waals surface area contributed by atoms with Crippen LogP contribution in [-0.4, -0.2) is 16.7 Å². The van der Waals surface area contributed by atoms with E-state index in [1.54, 1.807) is 18.9 Å². The third kappa shape index (κ3) is 4.57. The fourth-order valence-electron chi connectivity index (χ4n) is 2.84. The van der Waals surface area contributed by atoms with E-state index in [9.17, 15) is 0 Å². The van der Waals surface area contributed by atoms with Gasteiger partial charge in [0.05, 0.1) is 18.1 Å². The first kappa shape index (κ1) is 21.2. The minimum Gasteiger partial charge on any atom is -0.497 e. The number of methoxy groups -OCH3 is 1. The second-order valence-electron chi connectivity index (χ2n) is 5.98. The lowest BCUT2D eigenvalue weighted by atomic mass is 10.2. The molecule has 1 heterocycles. The van der Waals surface area contributed by atoms with Gasteiger partial charge in [-0.1, -0.05) is 55.8 Å². The van der Waals surface area contributed by atoms with Crippen LogP contribution in [0.25, 0.3) is 16.7 Å². The van der Waals surface area contributed by atoms with Crippen molar-refractivity contribution < 1.29 is 4.74 Å². The van der Waals surface area contributed by atoms with Crippen molar-refractivity contribution in [1.82, 2.24) is 9.55 Å². The van der Waals surface area contributed by atoms with Crippen LogP contribution in [0.3, 0.4) is 0 Å². The summed E-state index contributed by atoms with van der Waals surface area (Å²) < 4.78 is 9.61. The Bertz CT molecular complexity index is 1080. The van der Waals surface area contributed by atoms with Crippen LogP contribution < -0.4 is 4.74 Å². The SMILES string of the molecule is COc1ccc(-n2c(SCc3ccc(Br)cc3)nc3cc(Br)ccc32)cc1.Cl. The topological polar surface area (TPSA) is 27.1 Å². The van der Waals surface area contributed by atoms with Gasteiger partial charge in [0.25, 0.3) is 0 Å². The Morgan fingerprint density at radius 2 is 1.61 bits per heavy atom. The molecule has 0 unspecified atom stereocenters. The van der Waals surface area contributed by atoms with Crippen LogP contribution in [0.5, 0.6) is 5.75 Å². The van der Waals surface area contributed by atoms with Gasteiger partial charge in [-0.2, -0.15) is 0 Å². The molecule has 0 aliphatic carbocycles. The first-order chi connectivity index (χ1) is 13.1. The molecule has 144 valence electrons. The summed E-state index contributed by atoms with van der Waals surface area (Å²) in [6, 6.07) is 22.7. The summed E-state index contributed by atoms with van der Waals surface area (Å²) in [7, 11) is 1.68. The summed E-state index contributed by atoms with van der Waals surface area (Å²) in [5.74, 6) is 1.70. The number of nitrogens with zero attached hydrogens (tertiary/aromatic N) is 2. The number of imidazole rings is 1. The Morgan fingerprint density at radius 1 is 0.929 bits per heavy atom. The number of rotatable bonds is 5. The van der Waals surface area contributed by atoms with Crippen molar-refractivity contribution in [3.8, 4) is 11.4 Å². The highest BCUT2D eigenvalue weighted by atomic mass is 79.9. The van der Waals surface area contributed by atoms with Crippen LogP contribution in [-0.2, 0) is 5.75 Å². The maximum atomic E-state index is 5.29. The van der Waals surface area contributed by atoms with E-state index in [0.29, 0.717) is 0 Å². The van der Waals surface area contributed by atoms with E-state index in [0.717, 1.165) is 42.3 Å². The highest BCUT2D eigenvalue weighted by molar-refractivity contribution is 9.10. The minimum absolute atomic E-state index is 0. The number of thioether (sulfide) groups is 1. The highest BCUT2D eigenvalue weighted by Crippen LogP contribution is 2.32. The number of aromatic nitrogens is 2. The lowest BCUT2D eigenvalue weighted by molar-refractivity contribution is 0.414. The summed E-state index contributed by atoms with van der Waals surface area (Å²) in [4.78, 5) is 4.88. The molecule has 0 atom stereocenters. The average molecular weight is 541 g/mol. The zero-order valence-corrected chi connectivity index (χ0v) is 19.7. The molecule has 0 aliphatic rings. The highest BCUT2D eigenvalue weighted by Gasteiger charge is 2.14. The molecule has 7 heteroatoms. The van der Waals surface area contributed by atoms with E-state index >= 15 is 0 Å². The standard InChI is InChI=1S/C21H16Br2N2OS.ClH/c1-26-18-9-7-17(8-10-18)25-20-11-6-16(23)12-19(20)24-21(25)27-13-14-2-4-15(22)5-3-14;/h2-12H,13H2,1H3;1H. The van der Waals surface area contributed by atoms with Gasteiger partial charge in [0.15, 0.2) is 5.16 Å². The summed E-state index contributed by atoms with van der Waals surface area (Å²) >= 11 is 8.77. The van der Waals surface area contributed by atoms with E-state index in [4.69, 9.17) is 9.72 Å². The zero-order chi connectivity index (χ0) is 18.8. The first-order valence-electron chi connectivity index (χ1n) is 8.34. The van der Waals surface area contributed by atoms with Gasteiger partial charge in [0, 0.05) is 20.4 Å². The molecule has 28 heavy (non-hydrogen) atoms. The van der Waals surface area contributed by atoms with E-state index in [1.807, 2.05) is 18.2 Å². The Labute approximate surface area is 191 Å². The second-order valence-corrected chi connectivity index (χ2v) is 8.75. The molecule has 0 bridgehead atoms. The normalized spacial score (nSPS) is 10.7. The van der Waals surface area contributed by atoms with Crippen molar-refractivity contribution in [2.75, 3.05) is 7.11 Å². The third-order valence-corrected chi connectivity index (χ3v) is 6.23. The third-order valence-electron chi connectivity index (χ3n) is 4.20. The maximum absolute atomic E-state index is 5.29. The molecule has 3 nitrogen and oxygen atoms in total. The fourth-order valence-corrected chi connectivity index (χ4v) is 4.43. The fraction of sp³-hybridized carbons (Fsp3) is 0.0952. The minimum atomic E-state index is 0. The van der Waals surface area contributed by atoms with Gasteiger partial charge in [0.2, 0.25) is 0 Å². The zero-order valence-electron chi connectivity index (χ0n) is 14.9. The van der Waals surface area contributed by atoms with Crippen LogP contribution in [0.4, 0.5) is 0 Å². The molecule has 0 N–H and O–H groups in total. The first-order valence-corrected chi connectivity index (χ1v) is 10.9. The van der Waals surface area contributed by atoms with E-state index in [1.165, 1.54) is 5.56 Å².